The Bertz CT molecular complexity index is 1040. The molecule has 1 aromatic carbocycles. The quantitative estimate of drug-likeness (QED) is 0.572. The minimum atomic E-state index is -3.30. The number of nitrogens with zero attached hydrogens (tertiary/aromatic N) is 4. The minimum absolute atomic E-state index is 0.0424. The maximum absolute atomic E-state index is 12.5. The molecule has 0 spiro atoms. The Kier molecular flexibility index (Phi) is 7.69. The highest BCUT2D eigenvalue weighted by Crippen LogP contribution is 2.31. The first-order valence-corrected chi connectivity index (χ1v) is 11.6. The molecule has 1 aliphatic heterocycles. The highest BCUT2D eigenvalue weighted by Gasteiger charge is 2.24. The third-order valence-electron chi connectivity index (χ3n) is 4.42. The van der Waals surface area contributed by atoms with Crippen molar-refractivity contribution < 1.29 is 23.1 Å². The Morgan fingerprint density at radius 2 is 1.87 bits per heavy atom. The van der Waals surface area contributed by atoms with Crippen LogP contribution in [-0.4, -0.2) is 70.9 Å². The third-order valence-corrected chi connectivity index (χ3v) is 7.31. The molecule has 11 heteroatoms. The van der Waals surface area contributed by atoms with Crippen LogP contribution < -0.4 is 0 Å². The number of rotatable bonds is 6. The molecule has 1 saturated heterocycles. The van der Waals surface area contributed by atoms with E-state index in [1.165, 1.54) is 4.31 Å². The molecule has 0 amide bonds. The molecule has 9 nitrogen and oxygen atoms in total. The third kappa shape index (κ3) is 5.51. The van der Waals surface area contributed by atoms with Gasteiger partial charge in [0.2, 0.25) is 10.0 Å². The summed E-state index contributed by atoms with van der Waals surface area (Å²) in [5.74, 6) is 0.785. The van der Waals surface area contributed by atoms with E-state index in [2.05, 4.69) is 9.97 Å². The van der Waals surface area contributed by atoms with E-state index in [1.807, 2.05) is 41.1 Å². The number of aromatic nitrogens is 3. The highest BCUT2D eigenvalue weighted by molar-refractivity contribution is 7.89. The smallest absolute Gasteiger partial charge is 0.290 e. The first kappa shape index (κ1) is 22.1. The van der Waals surface area contributed by atoms with Gasteiger partial charge >= 0.3 is 0 Å². The van der Waals surface area contributed by atoms with Crippen molar-refractivity contribution in [3.8, 4) is 21.3 Å². The number of sulfonamides is 1. The van der Waals surface area contributed by atoms with Crippen LogP contribution in [0.4, 0.5) is 0 Å². The molecule has 0 atom stereocenters. The number of ether oxygens (including phenoxy) is 1. The van der Waals surface area contributed by atoms with Gasteiger partial charge in [-0.1, -0.05) is 30.3 Å². The number of hydrogen-bond acceptors (Lipinski definition) is 7. The molecule has 0 radical (unpaired) electrons. The topological polar surface area (TPSA) is 115 Å². The van der Waals surface area contributed by atoms with Crippen LogP contribution in [0.15, 0.2) is 48.9 Å². The molecule has 2 aromatic heterocycles. The van der Waals surface area contributed by atoms with Crippen molar-refractivity contribution in [3.05, 3.63) is 48.9 Å². The average molecular weight is 451 g/mol. The van der Waals surface area contributed by atoms with E-state index in [-0.39, 0.29) is 12.2 Å². The second-order valence-corrected chi connectivity index (χ2v) is 9.39. The average Bonchev–Trinajstić information content (AvgIpc) is 3.44. The number of imidazole rings is 1. The lowest BCUT2D eigenvalue weighted by Crippen LogP contribution is -2.42. The maximum atomic E-state index is 12.5. The fourth-order valence-corrected chi connectivity index (χ4v) is 5.30. The number of morpholine rings is 1. The van der Waals surface area contributed by atoms with Gasteiger partial charge in [-0.05, 0) is 0 Å². The van der Waals surface area contributed by atoms with E-state index in [4.69, 9.17) is 14.6 Å². The highest BCUT2D eigenvalue weighted by atomic mass is 32.2. The molecule has 3 aromatic rings. The molecule has 0 aliphatic carbocycles. The van der Waals surface area contributed by atoms with Crippen LogP contribution in [0.1, 0.15) is 0 Å². The molecule has 3 heterocycles. The van der Waals surface area contributed by atoms with Gasteiger partial charge in [0.1, 0.15) is 5.01 Å². The van der Waals surface area contributed by atoms with Crippen molar-refractivity contribution in [2.75, 3.05) is 32.1 Å². The molecule has 160 valence electrons. The van der Waals surface area contributed by atoms with Gasteiger partial charge in [-0.2, -0.15) is 4.31 Å². The Morgan fingerprint density at radius 3 is 2.57 bits per heavy atom. The second kappa shape index (κ2) is 10.4. The van der Waals surface area contributed by atoms with Gasteiger partial charge < -0.3 is 14.4 Å². The Labute approximate surface area is 178 Å². The van der Waals surface area contributed by atoms with Crippen LogP contribution in [-0.2, 0) is 26.1 Å². The summed E-state index contributed by atoms with van der Waals surface area (Å²) in [4.78, 5) is 18.2. The lowest BCUT2D eigenvalue weighted by molar-refractivity contribution is -0.122. The summed E-state index contributed by atoms with van der Waals surface area (Å²) < 4.78 is 33.7. The lowest BCUT2D eigenvalue weighted by Gasteiger charge is -2.26. The molecular weight excluding hydrogens is 428 g/mol. The largest absolute Gasteiger partial charge is 0.483 e. The zero-order valence-corrected chi connectivity index (χ0v) is 17.8. The van der Waals surface area contributed by atoms with Gasteiger partial charge in [0, 0.05) is 43.8 Å². The zero-order chi connectivity index (χ0) is 21.4. The molecule has 0 bridgehead atoms. The van der Waals surface area contributed by atoms with E-state index in [9.17, 15) is 8.42 Å². The van der Waals surface area contributed by atoms with Crippen molar-refractivity contribution in [1.29, 1.82) is 0 Å². The normalized spacial score (nSPS) is 14.7. The standard InChI is InChI=1S/C18H20N4O3S2.CH2O2/c23-27(24,22-8-11-25-12-9-22)13-10-21-7-6-19-17(21)16-14-20-18(26-16)15-4-2-1-3-5-15;2-1-3/h1-7,14H,8-13H2;1H,(H,2,3). The minimum Gasteiger partial charge on any atom is -0.483 e. The Morgan fingerprint density at radius 1 is 1.17 bits per heavy atom. The molecule has 1 aliphatic rings. The Balaban J connectivity index is 0.000000806. The van der Waals surface area contributed by atoms with Gasteiger partial charge in [-0.15, -0.1) is 11.3 Å². The van der Waals surface area contributed by atoms with Crippen LogP contribution in [0, 0.1) is 0 Å². The van der Waals surface area contributed by atoms with E-state index >= 15 is 0 Å². The number of carboxylic acid groups (broad SMARTS) is 1. The van der Waals surface area contributed by atoms with Crippen molar-refractivity contribution >= 4 is 27.8 Å². The van der Waals surface area contributed by atoms with E-state index < -0.39 is 10.0 Å². The number of thiazole rings is 1. The fraction of sp³-hybridized carbons (Fsp3) is 0.316. The summed E-state index contributed by atoms with van der Waals surface area (Å²) in [6.07, 6.45) is 5.30. The van der Waals surface area contributed by atoms with E-state index in [1.54, 1.807) is 23.7 Å². The van der Waals surface area contributed by atoms with Crippen LogP contribution >= 0.6 is 11.3 Å². The molecule has 0 saturated carbocycles. The summed E-state index contributed by atoms with van der Waals surface area (Å²) in [6.45, 7) is 1.87. The predicted molar refractivity (Wildman–Crippen MR) is 114 cm³/mol. The van der Waals surface area contributed by atoms with E-state index in [0.717, 1.165) is 21.3 Å². The van der Waals surface area contributed by atoms with Crippen molar-refractivity contribution in [2.24, 2.45) is 0 Å². The van der Waals surface area contributed by atoms with Crippen LogP contribution in [0.25, 0.3) is 21.3 Å². The number of carbonyl (C=O) groups is 1. The predicted octanol–water partition coefficient (Wildman–Crippen LogP) is 2.04. The van der Waals surface area contributed by atoms with Gasteiger partial charge in [-0.25, -0.2) is 18.4 Å². The van der Waals surface area contributed by atoms with Crippen LogP contribution in [0.3, 0.4) is 0 Å². The number of hydrogen-bond donors (Lipinski definition) is 1. The fourth-order valence-electron chi connectivity index (χ4n) is 2.97. The van der Waals surface area contributed by atoms with Gasteiger partial charge in [0.25, 0.3) is 6.47 Å². The summed E-state index contributed by atoms with van der Waals surface area (Å²) >= 11 is 1.55. The monoisotopic (exact) mass is 450 g/mol. The van der Waals surface area contributed by atoms with Crippen LogP contribution in [0.2, 0.25) is 0 Å². The summed E-state index contributed by atoms with van der Waals surface area (Å²) in [6, 6.07) is 9.97. The van der Waals surface area contributed by atoms with Crippen LogP contribution in [0.5, 0.6) is 0 Å². The van der Waals surface area contributed by atoms with Crippen molar-refractivity contribution in [3.63, 3.8) is 0 Å². The van der Waals surface area contributed by atoms with Gasteiger partial charge in [0.05, 0.1) is 23.8 Å². The zero-order valence-electron chi connectivity index (χ0n) is 16.1. The molecular formula is C19H22N4O5S2. The Hall–Kier alpha value is -2.60. The summed E-state index contributed by atoms with van der Waals surface area (Å²) in [5.41, 5.74) is 1.06. The SMILES string of the molecule is O=CO.O=S(=O)(CCn1ccnc1-c1cnc(-c2ccccc2)s1)N1CCOCC1. The van der Waals surface area contributed by atoms with Gasteiger partial charge in [0.15, 0.2) is 5.82 Å². The molecule has 30 heavy (non-hydrogen) atoms. The number of aryl methyl sites for hydroxylation is 1. The summed E-state index contributed by atoms with van der Waals surface area (Å²) in [7, 11) is -3.30. The summed E-state index contributed by atoms with van der Waals surface area (Å²) in [5, 5.41) is 7.81. The molecule has 1 N–H and O–H groups in total. The lowest BCUT2D eigenvalue weighted by atomic mass is 10.2. The maximum Gasteiger partial charge on any atom is 0.290 e. The second-order valence-electron chi connectivity index (χ2n) is 6.27. The number of benzene rings is 1. The first-order chi connectivity index (χ1) is 14.5. The molecule has 0 unspecified atom stereocenters. The molecule has 4 rings (SSSR count). The molecule has 1 fully saturated rings. The van der Waals surface area contributed by atoms with Crippen molar-refractivity contribution in [1.82, 2.24) is 18.8 Å². The van der Waals surface area contributed by atoms with E-state index in [0.29, 0.717) is 32.8 Å². The van der Waals surface area contributed by atoms with Crippen molar-refractivity contribution in [2.45, 2.75) is 6.54 Å². The van der Waals surface area contributed by atoms with Gasteiger partial charge in [-0.3, -0.25) is 4.79 Å². The first-order valence-electron chi connectivity index (χ1n) is 9.21.